The number of benzene rings is 1. The molecule has 1 aromatic carbocycles. The summed E-state index contributed by atoms with van der Waals surface area (Å²) in [6, 6.07) is 5.97. The third-order valence-corrected chi connectivity index (χ3v) is 4.54. The van der Waals surface area contributed by atoms with Gasteiger partial charge in [-0.05, 0) is 18.1 Å². The van der Waals surface area contributed by atoms with Crippen LogP contribution in [-0.4, -0.2) is 45.7 Å². The molecule has 1 aromatic rings. The molecule has 0 bridgehead atoms. The fourth-order valence-corrected chi connectivity index (χ4v) is 3.12. The van der Waals surface area contributed by atoms with Gasteiger partial charge < -0.3 is 10.1 Å². The molecule has 0 saturated carbocycles. The topological polar surface area (TPSA) is 102 Å². The third-order valence-electron chi connectivity index (χ3n) is 3.09. The van der Waals surface area contributed by atoms with Crippen molar-refractivity contribution in [3.63, 3.8) is 0 Å². The van der Waals surface area contributed by atoms with Crippen molar-refractivity contribution in [2.45, 2.75) is 31.0 Å². The summed E-state index contributed by atoms with van der Waals surface area (Å²) in [5, 5.41) is 1.54. The normalized spacial score (nSPS) is 13.3. The van der Waals surface area contributed by atoms with Crippen molar-refractivity contribution in [2.75, 3.05) is 13.2 Å². The van der Waals surface area contributed by atoms with E-state index in [4.69, 9.17) is 0 Å². The lowest BCUT2D eigenvalue weighted by atomic mass is 10.1. The number of hydrogen-bond acceptors (Lipinski definition) is 5. The Morgan fingerprint density at radius 3 is 2.23 bits per heavy atom. The second kappa shape index (κ2) is 8.99. The summed E-state index contributed by atoms with van der Waals surface area (Å²) in [5.74, 6) is -2.75. The first kappa shape index (κ1) is 21.9. The van der Waals surface area contributed by atoms with Crippen LogP contribution in [0.4, 0.5) is 13.2 Å². The minimum atomic E-state index is -4.59. The van der Waals surface area contributed by atoms with Crippen molar-refractivity contribution < 1.29 is 35.9 Å². The first-order chi connectivity index (χ1) is 11.9. The molecular weight excluding hydrogens is 377 g/mol. The fraction of sp³-hybridized carbons (Fsp3) is 0.467. The zero-order valence-electron chi connectivity index (χ0n) is 14.0. The van der Waals surface area contributed by atoms with E-state index in [1.54, 1.807) is 25.2 Å². The van der Waals surface area contributed by atoms with Gasteiger partial charge in [0.25, 0.3) is 5.91 Å². The van der Waals surface area contributed by atoms with Crippen LogP contribution in [0.25, 0.3) is 0 Å². The zero-order chi connectivity index (χ0) is 20.0. The number of amides is 1. The molecule has 26 heavy (non-hydrogen) atoms. The van der Waals surface area contributed by atoms with Gasteiger partial charge >= 0.3 is 12.1 Å². The number of sulfonamides is 1. The van der Waals surface area contributed by atoms with Crippen molar-refractivity contribution in [2.24, 2.45) is 5.92 Å². The lowest BCUT2D eigenvalue weighted by Crippen LogP contribution is -2.46. The Morgan fingerprint density at radius 2 is 1.73 bits per heavy atom. The predicted molar refractivity (Wildman–Crippen MR) is 85.4 cm³/mol. The van der Waals surface area contributed by atoms with E-state index in [2.05, 4.69) is 9.46 Å². The highest BCUT2D eigenvalue weighted by atomic mass is 32.2. The van der Waals surface area contributed by atoms with Gasteiger partial charge in [0.15, 0.2) is 6.61 Å². The van der Waals surface area contributed by atoms with Crippen LogP contribution in [0.15, 0.2) is 35.2 Å². The molecule has 0 aromatic heterocycles. The summed E-state index contributed by atoms with van der Waals surface area (Å²) in [5.41, 5.74) is 0. The average Bonchev–Trinajstić information content (AvgIpc) is 2.55. The molecule has 0 radical (unpaired) electrons. The Hall–Kier alpha value is -2.14. The molecule has 0 spiro atoms. The molecular formula is C15H19F3N2O5S. The van der Waals surface area contributed by atoms with Crippen molar-refractivity contribution in [1.82, 2.24) is 10.0 Å². The van der Waals surface area contributed by atoms with Gasteiger partial charge in [-0.2, -0.15) is 17.9 Å². The van der Waals surface area contributed by atoms with E-state index in [1.165, 1.54) is 24.3 Å². The summed E-state index contributed by atoms with van der Waals surface area (Å²) in [4.78, 5) is 23.2. The quantitative estimate of drug-likeness (QED) is 0.644. The Morgan fingerprint density at radius 1 is 1.15 bits per heavy atom. The molecule has 0 aliphatic rings. The van der Waals surface area contributed by atoms with Gasteiger partial charge in [-0.3, -0.25) is 9.59 Å². The van der Waals surface area contributed by atoms with Gasteiger partial charge in [-0.25, -0.2) is 8.42 Å². The van der Waals surface area contributed by atoms with Crippen LogP contribution in [0.5, 0.6) is 0 Å². The highest BCUT2D eigenvalue weighted by molar-refractivity contribution is 7.89. The van der Waals surface area contributed by atoms with E-state index in [9.17, 15) is 31.2 Å². The summed E-state index contributed by atoms with van der Waals surface area (Å²) in [6.45, 7) is 0.579. The smallest absolute Gasteiger partial charge is 0.405 e. The van der Waals surface area contributed by atoms with E-state index in [0.29, 0.717) is 0 Å². The molecule has 7 nitrogen and oxygen atoms in total. The van der Waals surface area contributed by atoms with Crippen LogP contribution in [0.2, 0.25) is 0 Å². The van der Waals surface area contributed by atoms with Gasteiger partial charge in [0.05, 0.1) is 4.90 Å². The number of esters is 1. The molecule has 1 rings (SSSR count). The summed E-state index contributed by atoms with van der Waals surface area (Å²) in [7, 11) is -4.02. The molecule has 1 unspecified atom stereocenters. The molecule has 0 fully saturated rings. The molecule has 0 aliphatic carbocycles. The van der Waals surface area contributed by atoms with Crippen LogP contribution in [-0.2, 0) is 24.3 Å². The maximum Gasteiger partial charge on any atom is 0.405 e. The summed E-state index contributed by atoms with van der Waals surface area (Å²) >= 11 is 0. The lowest BCUT2D eigenvalue weighted by molar-refractivity contribution is -0.153. The van der Waals surface area contributed by atoms with Crippen LogP contribution in [0.1, 0.15) is 13.8 Å². The number of carbonyl (C=O) groups is 2. The van der Waals surface area contributed by atoms with Crippen LogP contribution < -0.4 is 10.0 Å². The van der Waals surface area contributed by atoms with Gasteiger partial charge in [-0.15, -0.1) is 0 Å². The van der Waals surface area contributed by atoms with Crippen LogP contribution in [0.3, 0.4) is 0 Å². The SMILES string of the molecule is CC(C)C(NS(=O)(=O)c1ccccc1)C(=O)OCC(=O)NCC(F)(F)F. The maximum atomic E-state index is 12.3. The predicted octanol–water partition coefficient (Wildman–Crippen LogP) is 1.21. The van der Waals surface area contributed by atoms with Crippen molar-refractivity contribution in [1.29, 1.82) is 0 Å². The zero-order valence-corrected chi connectivity index (χ0v) is 14.9. The average molecular weight is 396 g/mol. The van der Waals surface area contributed by atoms with Crippen molar-refractivity contribution in [3.8, 4) is 0 Å². The fourth-order valence-electron chi connectivity index (χ4n) is 1.77. The van der Waals surface area contributed by atoms with Gasteiger partial charge in [-0.1, -0.05) is 32.0 Å². The molecule has 0 aliphatic heterocycles. The second-order valence-electron chi connectivity index (χ2n) is 5.66. The molecule has 1 atom stereocenters. The minimum Gasteiger partial charge on any atom is -0.454 e. The van der Waals surface area contributed by atoms with Gasteiger partial charge in [0, 0.05) is 0 Å². The van der Waals surface area contributed by atoms with E-state index in [1.807, 2.05) is 0 Å². The second-order valence-corrected chi connectivity index (χ2v) is 7.37. The first-order valence-electron chi connectivity index (χ1n) is 7.50. The number of halogens is 3. The largest absolute Gasteiger partial charge is 0.454 e. The van der Waals surface area contributed by atoms with Crippen LogP contribution in [0, 0.1) is 5.92 Å². The highest BCUT2D eigenvalue weighted by Gasteiger charge is 2.31. The third kappa shape index (κ3) is 7.40. The van der Waals surface area contributed by atoms with Gasteiger partial charge in [0.1, 0.15) is 12.6 Å². The number of carbonyl (C=O) groups excluding carboxylic acids is 2. The van der Waals surface area contributed by atoms with Crippen LogP contribution >= 0.6 is 0 Å². The number of alkyl halides is 3. The lowest BCUT2D eigenvalue weighted by Gasteiger charge is -2.20. The Bertz CT molecular complexity index is 721. The van der Waals surface area contributed by atoms with E-state index in [0.717, 1.165) is 0 Å². The first-order valence-corrected chi connectivity index (χ1v) is 8.98. The van der Waals surface area contributed by atoms with Gasteiger partial charge in [0.2, 0.25) is 10.0 Å². The summed E-state index contributed by atoms with van der Waals surface area (Å²) < 4.78 is 67.4. The number of hydrogen-bond donors (Lipinski definition) is 2. The highest BCUT2D eigenvalue weighted by Crippen LogP contribution is 2.13. The number of nitrogens with one attached hydrogen (secondary N) is 2. The monoisotopic (exact) mass is 396 g/mol. The summed E-state index contributed by atoms with van der Waals surface area (Å²) in [6.07, 6.45) is -4.59. The maximum absolute atomic E-state index is 12.3. The van der Waals surface area contributed by atoms with E-state index < -0.39 is 53.2 Å². The molecule has 11 heteroatoms. The Labute approximate surface area is 149 Å². The van der Waals surface area contributed by atoms with Crippen molar-refractivity contribution >= 4 is 21.9 Å². The molecule has 0 saturated heterocycles. The Balaban J connectivity index is 2.69. The van der Waals surface area contributed by atoms with Crippen molar-refractivity contribution in [3.05, 3.63) is 30.3 Å². The number of rotatable bonds is 8. The Kier molecular flexibility index (Phi) is 7.57. The molecule has 0 heterocycles. The molecule has 146 valence electrons. The van der Waals surface area contributed by atoms with E-state index >= 15 is 0 Å². The minimum absolute atomic E-state index is 0.0682. The molecule has 2 N–H and O–H groups in total. The van der Waals surface area contributed by atoms with E-state index in [-0.39, 0.29) is 4.90 Å². The standard InChI is InChI=1S/C15H19F3N2O5S/c1-10(2)13(20-26(23,24)11-6-4-3-5-7-11)14(22)25-8-12(21)19-9-15(16,17)18/h3-7,10,13,20H,8-9H2,1-2H3,(H,19,21). The molecule has 1 amide bonds. The number of ether oxygens (including phenoxy) is 1.